The van der Waals surface area contributed by atoms with Crippen LogP contribution in [0.2, 0.25) is 0 Å². The molecule has 9 aromatic carbocycles. The molecule has 0 radical (unpaired) electrons. The van der Waals surface area contributed by atoms with Gasteiger partial charge >= 0.3 is 0 Å². The number of rotatable bonds is 7. The van der Waals surface area contributed by atoms with Crippen molar-refractivity contribution in [3.05, 3.63) is 206 Å². The lowest BCUT2D eigenvalue weighted by Crippen LogP contribution is -2.13. The van der Waals surface area contributed by atoms with E-state index in [1.54, 1.807) is 0 Å². The van der Waals surface area contributed by atoms with Crippen LogP contribution in [0.5, 0.6) is 0 Å². The van der Waals surface area contributed by atoms with E-state index in [0.717, 1.165) is 83.4 Å². The summed E-state index contributed by atoms with van der Waals surface area (Å²) in [6, 6.07) is 72.6. The molecule has 0 saturated heterocycles. The molecule has 4 nitrogen and oxygen atoms in total. The summed E-state index contributed by atoms with van der Waals surface area (Å²) in [5.41, 5.74) is 11.7. The predicted octanol–water partition coefficient (Wildman–Crippen LogP) is 15.2. The van der Waals surface area contributed by atoms with E-state index in [9.17, 15) is 0 Å². The minimum absolute atomic E-state index is 0.806. The molecule has 11 rings (SSSR count). The minimum atomic E-state index is 0.806. The van der Waals surface area contributed by atoms with E-state index in [-0.39, 0.29) is 0 Å². The summed E-state index contributed by atoms with van der Waals surface area (Å²) in [6.45, 7) is 0. The Morgan fingerprint density at radius 3 is 1.64 bits per heavy atom. The Balaban J connectivity index is 1.23. The Hall–Kier alpha value is -7.56. The zero-order chi connectivity index (χ0) is 37.0. The number of benzene rings is 9. The number of para-hydroxylation sites is 3. The molecule has 0 amide bonds. The van der Waals surface area contributed by atoms with Crippen molar-refractivity contribution in [3.63, 3.8) is 0 Å². The van der Waals surface area contributed by atoms with Crippen LogP contribution in [-0.4, -0.2) is 0 Å². The summed E-state index contributed by atoms with van der Waals surface area (Å²) in [4.78, 5) is 4.68. The third-order valence-electron chi connectivity index (χ3n) is 10.8. The molecular formula is C52H34N2O2. The highest BCUT2D eigenvalue weighted by Crippen LogP contribution is 2.49. The first-order valence-corrected chi connectivity index (χ1v) is 18.9. The molecule has 2 aromatic heterocycles. The molecule has 0 aliphatic heterocycles. The topological polar surface area (TPSA) is 32.8 Å². The van der Waals surface area contributed by atoms with Crippen LogP contribution in [0.15, 0.2) is 215 Å². The molecule has 0 aliphatic rings. The third-order valence-corrected chi connectivity index (χ3v) is 10.8. The van der Waals surface area contributed by atoms with Gasteiger partial charge in [0.15, 0.2) is 5.58 Å². The fourth-order valence-electron chi connectivity index (χ4n) is 8.21. The average Bonchev–Trinajstić information content (AvgIpc) is 3.83. The van der Waals surface area contributed by atoms with E-state index in [0.29, 0.717) is 0 Å². The van der Waals surface area contributed by atoms with Crippen LogP contribution in [0.4, 0.5) is 34.1 Å². The normalized spacial score (nSPS) is 11.6. The van der Waals surface area contributed by atoms with Crippen LogP contribution in [-0.2, 0) is 0 Å². The maximum atomic E-state index is 7.02. The van der Waals surface area contributed by atoms with Gasteiger partial charge in [-0.25, -0.2) is 0 Å². The van der Waals surface area contributed by atoms with E-state index in [2.05, 4.69) is 204 Å². The van der Waals surface area contributed by atoms with E-state index in [4.69, 9.17) is 8.83 Å². The molecule has 0 unspecified atom stereocenters. The van der Waals surface area contributed by atoms with Crippen molar-refractivity contribution < 1.29 is 8.83 Å². The summed E-state index contributed by atoms with van der Waals surface area (Å²) in [6.07, 6.45) is 0. The average molecular weight is 719 g/mol. The first-order chi connectivity index (χ1) is 27.8. The molecule has 0 aliphatic carbocycles. The van der Waals surface area contributed by atoms with Crippen LogP contribution in [0.3, 0.4) is 0 Å². The van der Waals surface area contributed by atoms with Crippen molar-refractivity contribution in [3.8, 4) is 11.1 Å². The van der Waals surface area contributed by atoms with Crippen LogP contribution in [0.25, 0.3) is 65.8 Å². The second kappa shape index (κ2) is 13.1. The van der Waals surface area contributed by atoms with Crippen LogP contribution in [0.1, 0.15) is 0 Å². The molecule has 4 heteroatoms. The lowest BCUT2D eigenvalue weighted by atomic mass is 10.0. The highest BCUT2D eigenvalue weighted by atomic mass is 16.3. The Bertz CT molecular complexity index is 3190. The second-order valence-electron chi connectivity index (χ2n) is 14.1. The van der Waals surface area contributed by atoms with Crippen molar-refractivity contribution in [2.45, 2.75) is 0 Å². The fourth-order valence-corrected chi connectivity index (χ4v) is 8.21. The van der Waals surface area contributed by atoms with Gasteiger partial charge in [-0.15, -0.1) is 0 Å². The van der Waals surface area contributed by atoms with Gasteiger partial charge in [0, 0.05) is 38.9 Å². The molecule has 264 valence electrons. The van der Waals surface area contributed by atoms with Gasteiger partial charge in [0.2, 0.25) is 0 Å². The Morgan fingerprint density at radius 2 is 0.893 bits per heavy atom. The van der Waals surface area contributed by atoms with Gasteiger partial charge in [0.05, 0.1) is 16.8 Å². The Labute approximate surface area is 323 Å². The Kier molecular flexibility index (Phi) is 7.46. The molecular weight excluding hydrogens is 685 g/mol. The zero-order valence-electron chi connectivity index (χ0n) is 30.3. The van der Waals surface area contributed by atoms with Gasteiger partial charge in [-0.2, -0.15) is 0 Å². The zero-order valence-corrected chi connectivity index (χ0v) is 30.3. The smallest absolute Gasteiger partial charge is 0.159 e. The maximum Gasteiger partial charge on any atom is 0.159 e. The third kappa shape index (κ3) is 5.31. The van der Waals surface area contributed by atoms with Gasteiger partial charge in [-0.3, -0.25) is 0 Å². The number of anilines is 6. The summed E-state index contributed by atoms with van der Waals surface area (Å²) in [5.74, 6) is 0. The van der Waals surface area contributed by atoms with E-state index >= 15 is 0 Å². The number of nitrogens with zero attached hydrogens (tertiary/aromatic N) is 2. The van der Waals surface area contributed by atoms with Gasteiger partial charge in [-0.05, 0) is 101 Å². The van der Waals surface area contributed by atoms with E-state index < -0.39 is 0 Å². The minimum Gasteiger partial charge on any atom is -0.456 e. The van der Waals surface area contributed by atoms with Gasteiger partial charge in [-0.1, -0.05) is 127 Å². The molecule has 0 atom stereocenters. The fraction of sp³-hybridized carbons (Fsp3) is 0. The SMILES string of the molecule is c1ccc(-c2ccc(N(c3ccccc3)c3cc(N(c4ccccc4)c4cccc5oc6ccccc6c45)c4oc5cc6ccccc6cc5c4c3)cc2)cc1. The second-order valence-corrected chi connectivity index (χ2v) is 14.1. The highest BCUT2D eigenvalue weighted by Gasteiger charge is 2.26. The predicted molar refractivity (Wildman–Crippen MR) is 233 cm³/mol. The largest absolute Gasteiger partial charge is 0.456 e. The molecule has 0 spiro atoms. The van der Waals surface area contributed by atoms with Crippen molar-refractivity contribution in [2.75, 3.05) is 9.80 Å². The number of fused-ring (bicyclic) bond motifs is 7. The summed E-state index contributed by atoms with van der Waals surface area (Å²) >= 11 is 0. The van der Waals surface area contributed by atoms with Crippen molar-refractivity contribution in [1.29, 1.82) is 0 Å². The van der Waals surface area contributed by atoms with Crippen LogP contribution < -0.4 is 9.80 Å². The van der Waals surface area contributed by atoms with Crippen molar-refractivity contribution >= 4 is 88.8 Å². The standard InChI is InChI=1S/C52H34N2O2/c1-4-15-35(16-5-1)36-27-29-41(30-28-36)53(39-19-6-2-7-20-39)42-33-45-44-31-37-17-10-11-18-38(37)32-50(44)56-52(45)47(34-42)54(40-21-8-3-9-22-40)46-24-14-26-49-51(46)43-23-12-13-25-48(43)55-49/h1-34H. The van der Waals surface area contributed by atoms with E-state index in [1.807, 2.05) is 12.1 Å². The molecule has 2 heterocycles. The number of hydrogen-bond donors (Lipinski definition) is 0. The summed E-state index contributed by atoms with van der Waals surface area (Å²) < 4.78 is 13.5. The van der Waals surface area contributed by atoms with Crippen LogP contribution in [0, 0.1) is 0 Å². The summed E-state index contributed by atoms with van der Waals surface area (Å²) in [5, 5.41) is 6.51. The first kappa shape index (κ1) is 31.9. The lowest BCUT2D eigenvalue weighted by Gasteiger charge is -2.30. The van der Waals surface area contributed by atoms with E-state index in [1.165, 1.54) is 16.5 Å². The van der Waals surface area contributed by atoms with Crippen LogP contribution >= 0.6 is 0 Å². The summed E-state index contributed by atoms with van der Waals surface area (Å²) in [7, 11) is 0. The van der Waals surface area contributed by atoms with Gasteiger partial charge < -0.3 is 18.6 Å². The van der Waals surface area contributed by atoms with Gasteiger partial charge in [0.25, 0.3) is 0 Å². The highest BCUT2D eigenvalue weighted by molar-refractivity contribution is 6.18. The van der Waals surface area contributed by atoms with Crippen molar-refractivity contribution in [1.82, 2.24) is 0 Å². The first-order valence-electron chi connectivity index (χ1n) is 18.9. The molecule has 11 aromatic rings. The van der Waals surface area contributed by atoms with Crippen molar-refractivity contribution in [2.24, 2.45) is 0 Å². The maximum absolute atomic E-state index is 7.02. The lowest BCUT2D eigenvalue weighted by molar-refractivity contribution is 0.668. The Morgan fingerprint density at radius 1 is 0.304 bits per heavy atom. The molecule has 0 N–H and O–H groups in total. The number of hydrogen-bond acceptors (Lipinski definition) is 4. The monoisotopic (exact) mass is 718 g/mol. The molecule has 0 saturated carbocycles. The molecule has 0 fully saturated rings. The quantitative estimate of drug-likeness (QED) is 0.164. The number of furan rings is 2. The molecule has 56 heavy (non-hydrogen) atoms. The van der Waals surface area contributed by atoms with Gasteiger partial charge in [0.1, 0.15) is 16.7 Å². The molecule has 0 bridgehead atoms.